The topological polar surface area (TPSA) is 67.9 Å². The normalized spacial score (nSPS) is 20.4. The van der Waals surface area contributed by atoms with E-state index in [-0.39, 0.29) is 18.6 Å². The Morgan fingerprint density at radius 1 is 1.39 bits per heavy atom. The molecule has 1 fully saturated rings. The van der Waals surface area contributed by atoms with Crippen molar-refractivity contribution in [2.45, 2.75) is 71.1 Å². The third-order valence-corrected chi connectivity index (χ3v) is 5.11. The second-order valence-corrected chi connectivity index (χ2v) is 8.36. The van der Waals surface area contributed by atoms with E-state index in [1.54, 1.807) is 18.0 Å². The summed E-state index contributed by atoms with van der Waals surface area (Å²) in [6, 6.07) is 4.31. The van der Waals surface area contributed by atoms with E-state index in [4.69, 9.17) is 10.5 Å². The zero-order valence-corrected chi connectivity index (χ0v) is 17.2. The van der Waals surface area contributed by atoms with Gasteiger partial charge in [-0.1, -0.05) is 0 Å². The van der Waals surface area contributed by atoms with E-state index < -0.39 is 5.67 Å². The van der Waals surface area contributed by atoms with E-state index in [2.05, 4.69) is 4.99 Å². The number of hydrogen-bond acceptors (Lipinski definition) is 4. The summed E-state index contributed by atoms with van der Waals surface area (Å²) in [6.07, 6.45) is 7.07. The number of anilines is 1. The van der Waals surface area contributed by atoms with E-state index in [0.29, 0.717) is 11.8 Å². The number of carbonyl (C=O) groups is 1. The number of aliphatic imine (C=N–C) groups is 1. The lowest BCUT2D eigenvalue weighted by molar-refractivity contribution is -0.117. The minimum atomic E-state index is -1.48. The van der Waals surface area contributed by atoms with Crippen molar-refractivity contribution in [1.82, 2.24) is 0 Å². The Labute approximate surface area is 166 Å². The van der Waals surface area contributed by atoms with Crippen molar-refractivity contribution in [2.75, 3.05) is 11.5 Å². The number of ether oxygens (including phenoxy) is 1. The van der Waals surface area contributed by atoms with E-state index >= 15 is 0 Å². The van der Waals surface area contributed by atoms with Gasteiger partial charge < -0.3 is 15.4 Å². The summed E-state index contributed by atoms with van der Waals surface area (Å²) in [7, 11) is 0. The van der Waals surface area contributed by atoms with Gasteiger partial charge in [-0.2, -0.15) is 0 Å². The van der Waals surface area contributed by atoms with E-state index in [9.17, 15) is 9.18 Å². The van der Waals surface area contributed by atoms with Crippen LogP contribution in [0.15, 0.2) is 23.3 Å². The second-order valence-electron chi connectivity index (χ2n) is 8.36. The molecule has 1 aliphatic carbocycles. The molecule has 2 aliphatic rings. The molecule has 1 amide bonds. The average Bonchev–Trinajstić information content (AvgIpc) is 3.43. The van der Waals surface area contributed by atoms with Crippen LogP contribution in [0, 0.1) is 0 Å². The van der Waals surface area contributed by atoms with E-state index in [1.165, 1.54) is 20.0 Å². The number of allylic oxidation sites excluding steroid dienone is 1. The molecule has 1 atom stereocenters. The molecule has 0 radical (unpaired) electrons. The van der Waals surface area contributed by atoms with Gasteiger partial charge in [0, 0.05) is 42.1 Å². The maximum Gasteiger partial charge on any atom is 0.224 e. The van der Waals surface area contributed by atoms with Crippen LogP contribution in [0.1, 0.15) is 58.1 Å². The van der Waals surface area contributed by atoms with E-state index in [0.717, 1.165) is 48.1 Å². The minimum Gasteiger partial charge on any atom is -0.489 e. The molecule has 2 N–H and O–H groups in total. The zero-order valence-electron chi connectivity index (χ0n) is 17.2. The Kier molecular flexibility index (Phi) is 5.77. The number of alkyl halides is 1. The molecule has 1 unspecified atom stereocenters. The summed E-state index contributed by atoms with van der Waals surface area (Å²) in [5, 5.41) is 0. The number of benzene rings is 1. The summed E-state index contributed by atoms with van der Waals surface area (Å²) in [4.78, 5) is 18.6. The first-order valence-corrected chi connectivity index (χ1v) is 9.94. The molecule has 1 aromatic carbocycles. The molecule has 5 nitrogen and oxygen atoms in total. The van der Waals surface area contributed by atoms with Crippen molar-refractivity contribution >= 4 is 23.4 Å². The summed E-state index contributed by atoms with van der Waals surface area (Å²) in [6.45, 7) is 6.50. The van der Waals surface area contributed by atoms with Crippen LogP contribution in [-0.2, 0) is 11.2 Å². The van der Waals surface area contributed by atoms with Crippen LogP contribution in [0.25, 0.3) is 5.57 Å². The highest BCUT2D eigenvalue weighted by Gasteiger charge is 2.31. The molecule has 6 heteroatoms. The fourth-order valence-electron chi connectivity index (χ4n) is 3.53. The monoisotopic (exact) mass is 387 g/mol. The first kappa shape index (κ1) is 20.4. The van der Waals surface area contributed by atoms with Crippen LogP contribution >= 0.6 is 0 Å². The highest BCUT2D eigenvalue weighted by atomic mass is 19.1. The standard InChI is InChI=1S/C22H30FN3O2/c1-14-5-8-19-20(26(14)15(2)27)10-9-18(21(19)28-13-22(3,4)23)16(11-24)12-25-17-6-7-17/h9-12,14,17H,5-8,13,24H2,1-4H3. The van der Waals surface area contributed by atoms with Gasteiger partial charge in [0.15, 0.2) is 0 Å². The number of nitrogens with two attached hydrogens (primary N) is 1. The molecule has 0 bridgehead atoms. The molecular weight excluding hydrogens is 357 g/mol. The van der Waals surface area contributed by atoms with Gasteiger partial charge in [-0.3, -0.25) is 9.79 Å². The van der Waals surface area contributed by atoms with Gasteiger partial charge in [0.2, 0.25) is 5.91 Å². The van der Waals surface area contributed by atoms with E-state index in [1.807, 2.05) is 19.1 Å². The van der Waals surface area contributed by atoms with Crippen LogP contribution in [0.4, 0.5) is 10.1 Å². The molecule has 0 aromatic heterocycles. The van der Waals surface area contributed by atoms with Crippen LogP contribution in [-0.4, -0.2) is 36.5 Å². The van der Waals surface area contributed by atoms with Crippen molar-refractivity contribution in [1.29, 1.82) is 0 Å². The van der Waals surface area contributed by atoms with Gasteiger partial charge >= 0.3 is 0 Å². The van der Waals surface area contributed by atoms with Crippen LogP contribution < -0.4 is 15.4 Å². The summed E-state index contributed by atoms with van der Waals surface area (Å²) in [5.74, 6) is 0.586. The molecule has 0 spiro atoms. The lowest BCUT2D eigenvalue weighted by Crippen LogP contribution is -2.41. The molecule has 152 valence electrons. The highest BCUT2D eigenvalue weighted by Crippen LogP contribution is 2.41. The maximum absolute atomic E-state index is 14.2. The van der Waals surface area contributed by atoms with Gasteiger partial charge in [-0.05, 0) is 58.6 Å². The van der Waals surface area contributed by atoms with Crippen LogP contribution in [0.2, 0.25) is 0 Å². The van der Waals surface area contributed by atoms with Crippen LogP contribution in [0.3, 0.4) is 0 Å². The predicted molar refractivity (Wildman–Crippen MR) is 112 cm³/mol. The Bertz CT molecular complexity index is 807. The quantitative estimate of drug-likeness (QED) is 0.749. The molecule has 1 aromatic rings. The van der Waals surface area contributed by atoms with Gasteiger partial charge in [0.1, 0.15) is 18.0 Å². The number of fused-ring (bicyclic) bond motifs is 1. The number of halogens is 1. The molecule has 1 saturated carbocycles. The number of nitrogens with zero attached hydrogens (tertiary/aromatic N) is 2. The third kappa shape index (κ3) is 4.54. The summed E-state index contributed by atoms with van der Waals surface area (Å²) >= 11 is 0. The smallest absolute Gasteiger partial charge is 0.224 e. The number of amides is 1. The van der Waals surface area contributed by atoms with Crippen molar-refractivity contribution in [3.8, 4) is 5.75 Å². The second kappa shape index (κ2) is 7.94. The fourth-order valence-corrected chi connectivity index (χ4v) is 3.53. The highest BCUT2D eigenvalue weighted by molar-refractivity contribution is 6.11. The van der Waals surface area contributed by atoms with Gasteiger partial charge in [0.05, 0.1) is 11.7 Å². The molecular formula is C22H30FN3O2. The van der Waals surface area contributed by atoms with Crippen molar-refractivity contribution in [2.24, 2.45) is 10.7 Å². The van der Waals surface area contributed by atoms with Crippen molar-refractivity contribution in [3.05, 3.63) is 29.5 Å². The Balaban J connectivity index is 2.07. The fraction of sp³-hybridized carbons (Fsp3) is 0.545. The van der Waals surface area contributed by atoms with Gasteiger partial charge in [0.25, 0.3) is 0 Å². The SMILES string of the molecule is CC(=O)N1c2ccc(C(C=NC3CC3)=CN)c(OCC(C)(C)F)c2CCC1C. The zero-order chi connectivity index (χ0) is 20.5. The maximum atomic E-state index is 14.2. The number of carbonyl (C=O) groups excluding carboxylic acids is 1. The molecule has 0 saturated heterocycles. The van der Waals surface area contributed by atoms with Crippen molar-refractivity contribution < 1.29 is 13.9 Å². The van der Waals surface area contributed by atoms with Gasteiger partial charge in [-0.15, -0.1) is 0 Å². The molecule has 3 rings (SSSR count). The Morgan fingerprint density at radius 2 is 2.11 bits per heavy atom. The lowest BCUT2D eigenvalue weighted by atomic mass is 9.91. The van der Waals surface area contributed by atoms with Crippen molar-refractivity contribution in [3.63, 3.8) is 0 Å². The summed E-state index contributed by atoms with van der Waals surface area (Å²) < 4.78 is 20.2. The Hall–Kier alpha value is -2.37. The third-order valence-electron chi connectivity index (χ3n) is 5.11. The lowest BCUT2D eigenvalue weighted by Gasteiger charge is -2.36. The first-order chi connectivity index (χ1) is 13.2. The first-order valence-electron chi connectivity index (χ1n) is 9.94. The number of rotatable bonds is 6. The predicted octanol–water partition coefficient (Wildman–Crippen LogP) is 4.03. The average molecular weight is 387 g/mol. The van der Waals surface area contributed by atoms with Crippen LogP contribution in [0.5, 0.6) is 5.75 Å². The summed E-state index contributed by atoms with van der Waals surface area (Å²) in [5.41, 5.74) is 7.70. The minimum absolute atomic E-state index is 0.0112. The number of hydrogen-bond donors (Lipinski definition) is 1. The molecule has 28 heavy (non-hydrogen) atoms. The molecule has 1 heterocycles. The largest absolute Gasteiger partial charge is 0.489 e. The van der Waals surface area contributed by atoms with Gasteiger partial charge in [-0.25, -0.2) is 4.39 Å². The molecule has 1 aliphatic heterocycles. The Morgan fingerprint density at radius 3 is 2.68 bits per heavy atom.